The van der Waals surface area contributed by atoms with Gasteiger partial charge in [0.05, 0.1) is 0 Å². The standard InChI is InChI=1S/Co.Ni.H2O.2O.V/h;;1H2;;;/q;;;;;+1/p-1. The monoisotopic (exact) mass is 217 g/mol. The summed E-state index contributed by atoms with van der Waals surface area (Å²) >= 11 is -3.69. The van der Waals surface area contributed by atoms with E-state index in [0.29, 0.717) is 0 Å². The minimum atomic E-state index is -3.69. The predicted molar refractivity (Wildman–Crippen MR) is 3.59 cm³/mol. The van der Waals surface area contributed by atoms with Crippen molar-refractivity contribution in [3.8, 4) is 0 Å². The van der Waals surface area contributed by atoms with Crippen molar-refractivity contribution in [2.45, 2.75) is 0 Å². The van der Waals surface area contributed by atoms with Crippen LogP contribution in [0.2, 0.25) is 0 Å². The minimum absolute atomic E-state index is 0. The van der Waals surface area contributed by atoms with E-state index in [0.717, 1.165) is 0 Å². The Morgan fingerprint density at radius 1 is 1.33 bits per heavy atom. The molecule has 0 aromatic heterocycles. The Morgan fingerprint density at radius 2 is 1.33 bits per heavy atom. The van der Waals surface area contributed by atoms with Crippen LogP contribution in [-0.2, 0) is 56.0 Å². The van der Waals surface area contributed by atoms with Gasteiger partial charge in [0.1, 0.15) is 0 Å². The Balaban J connectivity index is -0.0000000450. The first-order chi connectivity index (χ1) is 1.73. The van der Waals surface area contributed by atoms with Crippen molar-refractivity contribution in [3.63, 3.8) is 0 Å². The van der Waals surface area contributed by atoms with Gasteiger partial charge >= 0.3 is 26.8 Å². The molecule has 0 fully saturated rings. The molecule has 1 N–H and O–H groups in total. The van der Waals surface area contributed by atoms with Crippen molar-refractivity contribution >= 4 is 0 Å². The topological polar surface area (TPSA) is 54.4 Å². The Bertz CT molecular complexity index is 59.2. The fourth-order valence-electron chi connectivity index (χ4n) is 0. The van der Waals surface area contributed by atoms with Gasteiger partial charge in [-0.05, 0) is 0 Å². The molecule has 0 unspecified atom stereocenters. The van der Waals surface area contributed by atoms with E-state index >= 15 is 0 Å². The molecule has 0 aromatic rings. The average molecular weight is 218 g/mol. The van der Waals surface area contributed by atoms with E-state index in [4.69, 9.17) is 11.4 Å². The van der Waals surface area contributed by atoms with E-state index in [1.54, 1.807) is 0 Å². The van der Waals surface area contributed by atoms with Crippen LogP contribution >= 0.6 is 0 Å². The molecule has 0 saturated heterocycles. The van der Waals surface area contributed by atoms with Gasteiger partial charge in [0.25, 0.3) is 0 Å². The van der Waals surface area contributed by atoms with Crippen LogP contribution in [0.4, 0.5) is 0 Å². The Kier molecular flexibility index (Phi) is 24.8. The summed E-state index contributed by atoms with van der Waals surface area (Å²) in [5, 5.41) is 0. The molecular weight excluding hydrogens is 217 g/mol. The summed E-state index contributed by atoms with van der Waals surface area (Å²) in [7, 11) is 0. The molecule has 0 aliphatic heterocycles. The summed E-state index contributed by atoms with van der Waals surface area (Å²) < 4.78 is 24.4. The SMILES string of the molecule is [Co].[Ni].[O]=[V](=[O])[OH]. The third-order valence-electron chi connectivity index (χ3n) is 0. The molecular formula is HCoNiO3V. The van der Waals surface area contributed by atoms with Gasteiger partial charge in [-0.2, -0.15) is 0 Å². The van der Waals surface area contributed by atoms with Crippen LogP contribution in [0.5, 0.6) is 0 Å². The number of hydrogen-bond acceptors (Lipinski definition) is 2. The van der Waals surface area contributed by atoms with E-state index in [2.05, 4.69) is 0 Å². The van der Waals surface area contributed by atoms with Gasteiger partial charge in [-0.1, -0.05) is 0 Å². The number of hydrogen-bond donors (Lipinski definition) is 1. The summed E-state index contributed by atoms with van der Waals surface area (Å²) in [6, 6.07) is 0. The van der Waals surface area contributed by atoms with E-state index in [1.165, 1.54) is 0 Å². The number of rotatable bonds is 0. The zero-order valence-electron chi connectivity index (χ0n) is 2.36. The molecule has 0 rings (SSSR count). The second-order valence-corrected chi connectivity index (χ2v) is 0.981. The molecule has 1 radical (unpaired) electrons. The van der Waals surface area contributed by atoms with Crippen LogP contribution in [0.25, 0.3) is 0 Å². The molecule has 0 aliphatic carbocycles. The Labute approximate surface area is 60.0 Å². The molecule has 0 amide bonds. The molecule has 0 saturated carbocycles. The molecule has 3 nitrogen and oxygen atoms in total. The quantitative estimate of drug-likeness (QED) is 0.541. The van der Waals surface area contributed by atoms with Crippen molar-refractivity contribution < 1.29 is 60.1 Å². The van der Waals surface area contributed by atoms with Crippen molar-refractivity contribution in [3.05, 3.63) is 0 Å². The van der Waals surface area contributed by atoms with E-state index in [-0.39, 0.29) is 33.3 Å². The van der Waals surface area contributed by atoms with Gasteiger partial charge in [-0.25, -0.2) is 0 Å². The molecule has 0 aromatic carbocycles. The van der Waals surface area contributed by atoms with Crippen molar-refractivity contribution in [1.82, 2.24) is 0 Å². The van der Waals surface area contributed by atoms with Crippen LogP contribution < -0.4 is 0 Å². The van der Waals surface area contributed by atoms with Crippen LogP contribution in [0, 0.1) is 0 Å². The second-order valence-electron chi connectivity index (χ2n) is 0.238. The van der Waals surface area contributed by atoms with E-state index < -0.39 is 15.4 Å². The maximum atomic E-state index is 8.67. The molecule has 6 heavy (non-hydrogen) atoms. The fourth-order valence-corrected chi connectivity index (χ4v) is 0. The maximum absolute atomic E-state index is 8.67. The van der Waals surface area contributed by atoms with Gasteiger partial charge in [0.15, 0.2) is 0 Å². The van der Waals surface area contributed by atoms with Gasteiger partial charge < -0.3 is 0 Å². The van der Waals surface area contributed by atoms with Crippen LogP contribution in [0.3, 0.4) is 0 Å². The first kappa shape index (κ1) is 15.7. The van der Waals surface area contributed by atoms with Crippen LogP contribution in [0.15, 0.2) is 0 Å². The van der Waals surface area contributed by atoms with Gasteiger partial charge in [0.2, 0.25) is 0 Å². The van der Waals surface area contributed by atoms with Gasteiger partial charge in [-0.15, -0.1) is 0 Å². The molecule has 43 valence electrons. The summed E-state index contributed by atoms with van der Waals surface area (Å²) in [6.45, 7) is 0. The second kappa shape index (κ2) is 9.47. The van der Waals surface area contributed by atoms with E-state index in [1.807, 2.05) is 0 Å². The van der Waals surface area contributed by atoms with Crippen molar-refractivity contribution in [1.29, 1.82) is 0 Å². The van der Waals surface area contributed by atoms with Crippen molar-refractivity contribution in [2.75, 3.05) is 0 Å². The zero-order chi connectivity index (χ0) is 3.58. The first-order valence-electron chi connectivity index (χ1n) is 0.565. The Hall–Kier alpha value is 1.14. The molecule has 0 heterocycles. The van der Waals surface area contributed by atoms with Crippen LogP contribution in [0.1, 0.15) is 0 Å². The Morgan fingerprint density at radius 3 is 1.33 bits per heavy atom. The predicted octanol–water partition coefficient (Wildman–Crippen LogP) is -0.802. The van der Waals surface area contributed by atoms with Gasteiger partial charge in [0, 0.05) is 33.3 Å². The average Bonchev–Trinajstić information content (AvgIpc) is 0.811. The molecule has 6 heteroatoms. The summed E-state index contributed by atoms with van der Waals surface area (Å²) in [6.07, 6.45) is 0. The summed E-state index contributed by atoms with van der Waals surface area (Å²) in [5.74, 6) is 0. The van der Waals surface area contributed by atoms with E-state index in [9.17, 15) is 0 Å². The zero-order valence-corrected chi connectivity index (χ0v) is 5.79. The molecule has 0 bridgehead atoms. The van der Waals surface area contributed by atoms with Crippen LogP contribution in [-0.4, -0.2) is 4.03 Å². The first-order valence-corrected chi connectivity index (χ1v) is 2.33. The van der Waals surface area contributed by atoms with Gasteiger partial charge in [-0.3, -0.25) is 0 Å². The third kappa shape index (κ3) is 67.5. The molecule has 0 spiro atoms. The summed E-state index contributed by atoms with van der Waals surface area (Å²) in [5.41, 5.74) is 0. The summed E-state index contributed by atoms with van der Waals surface area (Å²) in [4.78, 5) is 0. The van der Waals surface area contributed by atoms with Crippen molar-refractivity contribution in [2.24, 2.45) is 0 Å². The fraction of sp³-hybridized carbons (Fsp3) is 0. The third-order valence-corrected chi connectivity index (χ3v) is 0. The molecule has 0 aliphatic rings. The normalized spacial score (nSPS) is 4.17. The molecule has 0 atom stereocenters.